The molecule has 0 bridgehead atoms. The molecule has 164 valence electrons. The van der Waals surface area contributed by atoms with Crippen LogP contribution in [0.3, 0.4) is 0 Å². The van der Waals surface area contributed by atoms with Gasteiger partial charge in [0, 0.05) is 6.07 Å². The molecule has 1 aromatic heterocycles. The molecule has 2 nitrogen and oxygen atoms in total. The Balaban J connectivity index is 0.000000257. The van der Waals surface area contributed by atoms with Crippen LogP contribution in [0.1, 0.15) is 5.56 Å². The van der Waals surface area contributed by atoms with Gasteiger partial charge < -0.3 is 0 Å². The fraction of sp³-hybridized carbons (Fsp3) is 0.0323. The Bertz CT molecular complexity index is 1180. The van der Waals surface area contributed by atoms with Gasteiger partial charge in [-0.15, -0.1) is 0 Å². The summed E-state index contributed by atoms with van der Waals surface area (Å²) in [5.74, 6) is 0. The molecule has 34 heavy (non-hydrogen) atoms. The van der Waals surface area contributed by atoms with Crippen molar-refractivity contribution in [2.45, 2.75) is 0 Å². The minimum Gasteiger partial charge on any atom is -0.207 e. The molecular weight excluding hydrogens is 411 g/mol. The van der Waals surface area contributed by atoms with Gasteiger partial charge in [0.05, 0.1) is 0 Å². The van der Waals surface area contributed by atoms with E-state index in [1.54, 1.807) is 12.3 Å². The van der Waals surface area contributed by atoms with Crippen LogP contribution in [0.4, 0.5) is 0 Å². The van der Waals surface area contributed by atoms with Gasteiger partial charge in [0.2, 0.25) is 0 Å². The van der Waals surface area contributed by atoms with E-state index in [9.17, 15) is 0 Å². The summed E-state index contributed by atoms with van der Waals surface area (Å²) in [7, 11) is 1.89. The van der Waals surface area contributed by atoms with E-state index >= 15 is 0 Å². The van der Waals surface area contributed by atoms with E-state index in [0.717, 1.165) is 0 Å². The molecule has 0 saturated heterocycles. The summed E-state index contributed by atoms with van der Waals surface area (Å²) in [6, 6.07) is 49.2. The molecule has 0 N–H and O–H groups in total. The highest BCUT2D eigenvalue weighted by Crippen LogP contribution is 2.09. The Labute approximate surface area is 202 Å². The molecule has 4 aromatic carbocycles. The van der Waals surface area contributed by atoms with Crippen molar-refractivity contribution in [3.63, 3.8) is 0 Å². The average Bonchev–Trinajstić information content (AvgIpc) is 2.92. The second-order valence-corrected chi connectivity index (χ2v) is 8.38. The molecule has 0 unspecified atom stereocenters. The summed E-state index contributed by atoms with van der Waals surface area (Å²) in [5.41, 5.74) is 6.05. The maximum Gasteiger partial charge on any atom is 0.186 e. The van der Waals surface area contributed by atoms with Crippen LogP contribution in [-0.2, 0) is 7.05 Å². The van der Waals surface area contributed by atoms with Crippen LogP contribution in [0, 0.1) is 11.3 Å². The molecule has 0 radical (unpaired) electrons. The number of benzene rings is 4. The van der Waals surface area contributed by atoms with Gasteiger partial charge in [-0.1, -0.05) is 121 Å². The Hall–Kier alpha value is -4.42. The van der Waals surface area contributed by atoms with Gasteiger partial charge in [-0.25, -0.2) is 4.57 Å². The first kappa shape index (κ1) is 22.8. The molecule has 0 saturated carbocycles. The number of nitrogens with zero attached hydrogens (tertiary/aromatic N) is 2. The topological polar surface area (TPSA) is 27.7 Å². The maximum atomic E-state index is 8.40. The second-order valence-electron chi connectivity index (χ2n) is 8.38. The monoisotopic (exact) mass is 438 g/mol. The van der Waals surface area contributed by atoms with Crippen molar-refractivity contribution in [3.05, 3.63) is 151 Å². The lowest BCUT2D eigenvalue weighted by atomic mass is 9.13. The van der Waals surface area contributed by atoms with Crippen molar-refractivity contribution in [2.24, 2.45) is 7.05 Å². The van der Waals surface area contributed by atoms with Crippen molar-refractivity contribution < 1.29 is 4.57 Å². The lowest BCUT2D eigenvalue weighted by Gasteiger charge is -2.44. The Morgan fingerprint density at radius 1 is 0.529 bits per heavy atom. The molecule has 0 aliphatic carbocycles. The molecule has 1 heterocycles. The number of nitriles is 1. The lowest BCUT2D eigenvalue weighted by molar-refractivity contribution is -0.671. The van der Waals surface area contributed by atoms with Crippen molar-refractivity contribution >= 4 is 28.0 Å². The van der Waals surface area contributed by atoms with Crippen LogP contribution in [0.15, 0.2) is 146 Å². The van der Waals surface area contributed by atoms with E-state index < -0.39 is 6.15 Å². The number of pyridine rings is 1. The Kier molecular flexibility index (Phi) is 7.33. The predicted octanol–water partition coefficient (Wildman–Crippen LogP) is 3.45. The van der Waals surface area contributed by atoms with E-state index in [1.165, 1.54) is 21.9 Å². The van der Waals surface area contributed by atoms with E-state index in [4.69, 9.17) is 5.26 Å². The van der Waals surface area contributed by atoms with Crippen molar-refractivity contribution in [1.82, 2.24) is 0 Å². The molecule has 0 aliphatic rings. The summed E-state index contributed by atoms with van der Waals surface area (Å²) < 4.78 is 1.85. The van der Waals surface area contributed by atoms with Gasteiger partial charge in [0.1, 0.15) is 24.8 Å². The summed E-state index contributed by atoms with van der Waals surface area (Å²) in [4.78, 5) is 0. The molecule has 5 rings (SSSR count). The van der Waals surface area contributed by atoms with Crippen LogP contribution >= 0.6 is 0 Å². The third-order valence-electron chi connectivity index (χ3n) is 6.27. The molecule has 0 fully saturated rings. The summed E-state index contributed by atoms with van der Waals surface area (Å²) in [6.45, 7) is 0. The molecule has 0 aliphatic heterocycles. The highest BCUT2D eigenvalue weighted by atomic mass is 14.9. The first-order valence-corrected chi connectivity index (χ1v) is 11.5. The summed E-state index contributed by atoms with van der Waals surface area (Å²) in [6.07, 6.45) is 2.45. The quantitative estimate of drug-likeness (QED) is 0.312. The zero-order valence-corrected chi connectivity index (χ0v) is 19.3. The Morgan fingerprint density at radius 3 is 1.15 bits per heavy atom. The van der Waals surface area contributed by atoms with E-state index in [-0.39, 0.29) is 0 Å². The average molecular weight is 438 g/mol. The predicted molar refractivity (Wildman–Crippen MR) is 142 cm³/mol. The first-order chi connectivity index (χ1) is 16.7. The third kappa shape index (κ3) is 4.82. The van der Waals surface area contributed by atoms with E-state index in [2.05, 4.69) is 121 Å². The van der Waals surface area contributed by atoms with Gasteiger partial charge in [-0.2, -0.15) is 27.1 Å². The Morgan fingerprint density at radius 2 is 0.882 bits per heavy atom. The van der Waals surface area contributed by atoms with Crippen LogP contribution in [0.2, 0.25) is 0 Å². The minimum atomic E-state index is -1.22. The van der Waals surface area contributed by atoms with Gasteiger partial charge >= 0.3 is 0 Å². The van der Waals surface area contributed by atoms with E-state index in [0.29, 0.717) is 5.56 Å². The summed E-state index contributed by atoms with van der Waals surface area (Å²) >= 11 is 0. The van der Waals surface area contributed by atoms with Crippen LogP contribution in [0.5, 0.6) is 0 Å². The SMILES string of the molecule is C[n+]1cccc(C#N)c1.c1ccc([B-](c2ccccc2)(c2ccccc2)c2ccccc2)cc1. The first-order valence-electron chi connectivity index (χ1n) is 11.5. The molecule has 0 amide bonds. The fourth-order valence-electron chi connectivity index (χ4n) is 4.78. The fourth-order valence-corrected chi connectivity index (χ4v) is 4.78. The summed E-state index contributed by atoms with van der Waals surface area (Å²) in [5, 5.41) is 8.40. The lowest BCUT2D eigenvalue weighted by Crippen LogP contribution is -2.74. The van der Waals surface area contributed by atoms with Crippen molar-refractivity contribution in [1.29, 1.82) is 5.26 Å². The van der Waals surface area contributed by atoms with Gasteiger partial charge in [0.25, 0.3) is 0 Å². The molecule has 0 spiro atoms. The smallest absolute Gasteiger partial charge is 0.186 e. The molecule has 5 aromatic rings. The molecule has 0 atom stereocenters. The van der Waals surface area contributed by atoms with Crippen LogP contribution in [0.25, 0.3) is 0 Å². The van der Waals surface area contributed by atoms with Crippen molar-refractivity contribution in [2.75, 3.05) is 0 Å². The van der Waals surface area contributed by atoms with Gasteiger partial charge in [-0.3, -0.25) is 0 Å². The van der Waals surface area contributed by atoms with Crippen LogP contribution < -0.4 is 26.4 Å². The number of hydrogen-bond donors (Lipinski definition) is 0. The molecular formula is C31H27BN2. The van der Waals surface area contributed by atoms with Crippen LogP contribution in [-0.4, -0.2) is 6.15 Å². The van der Waals surface area contributed by atoms with Gasteiger partial charge in [-0.05, 0) is 6.07 Å². The largest absolute Gasteiger partial charge is 0.207 e. The highest BCUT2D eigenvalue weighted by molar-refractivity contribution is 7.19. The second kappa shape index (κ2) is 10.9. The zero-order chi connectivity index (χ0) is 23.6. The van der Waals surface area contributed by atoms with E-state index in [1.807, 2.05) is 29.9 Å². The minimum absolute atomic E-state index is 0.694. The molecule has 3 heteroatoms. The number of rotatable bonds is 4. The van der Waals surface area contributed by atoms with Gasteiger partial charge in [0.15, 0.2) is 12.4 Å². The number of aryl methyl sites for hydroxylation is 1. The van der Waals surface area contributed by atoms with Crippen molar-refractivity contribution in [3.8, 4) is 6.07 Å². The highest BCUT2D eigenvalue weighted by Gasteiger charge is 2.30. The number of aromatic nitrogens is 1. The zero-order valence-electron chi connectivity index (χ0n) is 19.3. The third-order valence-corrected chi connectivity index (χ3v) is 6.27. The standard InChI is InChI=1S/C24H20B.C7H7N2/c1-5-13-21(14-6-1)25(22-15-7-2-8-16-22,23-17-9-3-10-18-23)24-19-11-4-12-20-24;1-9-4-2-3-7(5-8)6-9/h1-20H;2-4,6H,1H3/q-1;+1. The maximum absolute atomic E-state index is 8.40. The number of hydrogen-bond acceptors (Lipinski definition) is 1. The normalized spacial score (nSPS) is 10.5.